The summed E-state index contributed by atoms with van der Waals surface area (Å²) in [6.07, 6.45) is 1.83. The van der Waals surface area contributed by atoms with Crippen LogP contribution in [0.3, 0.4) is 0 Å². The van der Waals surface area contributed by atoms with Crippen LogP contribution in [-0.4, -0.2) is 33.5 Å². The lowest BCUT2D eigenvalue weighted by Gasteiger charge is -2.29. The predicted octanol–water partition coefficient (Wildman–Crippen LogP) is 5.15. The SMILES string of the molecule is CSc1nc2n(n1)[C@H](c1ccccc1OC(F)F)C(C(=O)Nc1ccc(C)cc1C)=C(C)N2. The van der Waals surface area contributed by atoms with Crippen molar-refractivity contribution >= 4 is 29.3 Å². The molecule has 0 unspecified atom stereocenters. The lowest BCUT2D eigenvalue weighted by atomic mass is 9.94. The van der Waals surface area contributed by atoms with Crippen molar-refractivity contribution in [2.24, 2.45) is 0 Å². The van der Waals surface area contributed by atoms with Gasteiger partial charge in [0.15, 0.2) is 0 Å². The van der Waals surface area contributed by atoms with Gasteiger partial charge in [-0.2, -0.15) is 13.8 Å². The maximum Gasteiger partial charge on any atom is 0.387 e. The minimum Gasteiger partial charge on any atom is -0.434 e. The molecular weight excluding hydrogens is 448 g/mol. The van der Waals surface area contributed by atoms with Crippen LogP contribution in [0.5, 0.6) is 5.75 Å². The molecule has 3 aromatic rings. The summed E-state index contributed by atoms with van der Waals surface area (Å²) in [6, 6.07) is 11.3. The third-order valence-electron chi connectivity index (χ3n) is 5.32. The first-order valence-electron chi connectivity index (χ1n) is 10.2. The molecule has 2 N–H and O–H groups in total. The molecule has 1 amide bonds. The average molecular weight is 472 g/mol. The maximum absolute atomic E-state index is 13.6. The molecule has 10 heteroatoms. The average Bonchev–Trinajstić information content (AvgIpc) is 3.17. The zero-order valence-electron chi connectivity index (χ0n) is 18.5. The number of nitrogens with zero attached hydrogens (tertiary/aromatic N) is 3. The van der Waals surface area contributed by atoms with E-state index in [1.807, 2.05) is 38.3 Å². The van der Waals surface area contributed by atoms with E-state index in [2.05, 4.69) is 20.7 Å². The number of rotatable bonds is 6. The van der Waals surface area contributed by atoms with Crippen LogP contribution in [0.15, 0.2) is 58.9 Å². The first-order valence-corrected chi connectivity index (χ1v) is 11.4. The van der Waals surface area contributed by atoms with Gasteiger partial charge in [0, 0.05) is 16.9 Å². The fourth-order valence-corrected chi connectivity index (χ4v) is 4.20. The van der Waals surface area contributed by atoms with Crippen LogP contribution in [0.2, 0.25) is 0 Å². The number of alkyl halides is 2. The number of para-hydroxylation sites is 1. The molecule has 1 atom stereocenters. The smallest absolute Gasteiger partial charge is 0.387 e. The summed E-state index contributed by atoms with van der Waals surface area (Å²) in [5.41, 5.74) is 3.90. The number of hydrogen-bond acceptors (Lipinski definition) is 6. The Hall–Kier alpha value is -3.40. The number of amides is 1. The van der Waals surface area contributed by atoms with Gasteiger partial charge in [0.25, 0.3) is 5.91 Å². The molecule has 7 nitrogen and oxygen atoms in total. The summed E-state index contributed by atoms with van der Waals surface area (Å²) >= 11 is 1.34. The second-order valence-electron chi connectivity index (χ2n) is 7.62. The first kappa shape index (κ1) is 22.8. The van der Waals surface area contributed by atoms with E-state index in [0.29, 0.717) is 33.6 Å². The van der Waals surface area contributed by atoms with Gasteiger partial charge in [-0.3, -0.25) is 4.79 Å². The molecule has 33 heavy (non-hydrogen) atoms. The number of halogens is 2. The molecule has 0 saturated carbocycles. The topological polar surface area (TPSA) is 81.1 Å². The van der Waals surface area contributed by atoms with Gasteiger partial charge in [-0.15, -0.1) is 5.10 Å². The molecule has 0 fully saturated rings. The Labute approximate surface area is 194 Å². The molecule has 2 heterocycles. The first-order chi connectivity index (χ1) is 15.8. The van der Waals surface area contributed by atoms with Crippen molar-refractivity contribution in [3.05, 3.63) is 70.4 Å². The monoisotopic (exact) mass is 471 g/mol. The molecule has 1 aliphatic heterocycles. The van der Waals surface area contributed by atoms with E-state index in [9.17, 15) is 13.6 Å². The minimum atomic E-state index is -3.01. The second-order valence-corrected chi connectivity index (χ2v) is 8.40. The van der Waals surface area contributed by atoms with Gasteiger partial charge in [0.05, 0.1) is 5.57 Å². The minimum absolute atomic E-state index is 0.0313. The number of aromatic nitrogens is 3. The number of nitrogens with one attached hydrogen (secondary N) is 2. The largest absolute Gasteiger partial charge is 0.434 e. The molecule has 0 radical (unpaired) electrons. The van der Waals surface area contributed by atoms with E-state index in [-0.39, 0.29) is 11.7 Å². The van der Waals surface area contributed by atoms with E-state index in [1.54, 1.807) is 25.1 Å². The maximum atomic E-state index is 13.6. The summed E-state index contributed by atoms with van der Waals surface area (Å²) in [5, 5.41) is 11.1. The van der Waals surface area contributed by atoms with Crippen LogP contribution in [0.25, 0.3) is 0 Å². The van der Waals surface area contributed by atoms with Gasteiger partial charge in [-0.1, -0.05) is 47.7 Å². The van der Waals surface area contributed by atoms with Crippen LogP contribution >= 0.6 is 11.8 Å². The Kier molecular flexibility index (Phi) is 6.37. The number of fused-ring (bicyclic) bond motifs is 1. The van der Waals surface area contributed by atoms with Crippen molar-refractivity contribution in [3.8, 4) is 5.75 Å². The normalized spacial score (nSPS) is 15.3. The Morgan fingerprint density at radius 2 is 1.97 bits per heavy atom. The fourth-order valence-electron chi connectivity index (χ4n) is 3.85. The number of aryl methyl sites for hydroxylation is 2. The number of allylic oxidation sites excluding steroid dienone is 1. The summed E-state index contributed by atoms with van der Waals surface area (Å²) in [6.45, 7) is 2.62. The number of carbonyl (C=O) groups is 1. The molecule has 1 aromatic heterocycles. The van der Waals surface area contributed by atoms with E-state index < -0.39 is 12.7 Å². The highest BCUT2D eigenvalue weighted by molar-refractivity contribution is 7.98. The van der Waals surface area contributed by atoms with Gasteiger partial charge in [0.2, 0.25) is 11.1 Å². The van der Waals surface area contributed by atoms with Gasteiger partial charge < -0.3 is 15.4 Å². The number of hydrogen-bond donors (Lipinski definition) is 2. The summed E-state index contributed by atoms with van der Waals surface area (Å²) < 4.78 is 32.6. The predicted molar refractivity (Wildman–Crippen MR) is 124 cm³/mol. The molecule has 1 aliphatic rings. The Morgan fingerprint density at radius 3 is 2.67 bits per heavy atom. The summed E-state index contributed by atoms with van der Waals surface area (Å²) in [4.78, 5) is 18.0. The Balaban J connectivity index is 1.83. The standard InChI is InChI=1S/C23H23F2N5O2S/c1-12-9-10-16(13(2)11-12)27-20(31)18-14(3)26-22-28-23(33-4)29-30(22)19(18)15-7-5-6-8-17(15)32-21(24)25/h5-11,19,21H,1-4H3,(H,27,31)(H,26,28,29)/t19-/m1/s1. The van der Waals surface area contributed by atoms with Crippen LogP contribution in [0, 0.1) is 13.8 Å². The highest BCUT2D eigenvalue weighted by Gasteiger charge is 2.36. The van der Waals surface area contributed by atoms with Crippen molar-refractivity contribution in [1.29, 1.82) is 0 Å². The fraction of sp³-hybridized carbons (Fsp3) is 0.261. The van der Waals surface area contributed by atoms with Crippen molar-refractivity contribution in [1.82, 2.24) is 14.8 Å². The van der Waals surface area contributed by atoms with Gasteiger partial charge in [0.1, 0.15) is 11.8 Å². The molecule has 0 bridgehead atoms. The third-order valence-corrected chi connectivity index (χ3v) is 5.86. The van der Waals surface area contributed by atoms with E-state index in [4.69, 9.17) is 4.74 Å². The summed E-state index contributed by atoms with van der Waals surface area (Å²) in [5.74, 6) is 0.00332. The van der Waals surface area contributed by atoms with Crippen LogP contribution in [0.4, 0.5) is 20.4 Å². The Bertz CT molecular complexity index is 1240. The molecule has 0 spiro atoms. The molecule has 2 aromatic carbocycles. The van der Waals surface area contributed by atoms with Crippen molar-refractivity contribution in [3.63, 3.8) is 0 Å². The van der Waals surface area contributed by atoms with E-state index in [1.165, 1.54) is 22.5 Å². The third kappa shape index (κ3) is 4.56. The number of anilines is 2. The number of carbonyl (C=O) groups excluding carboxylic acids is 1. The molecule has 4 rings (SSSR count). The zero-order valence-corrected chi connectivity index (χ0v) is 19.3. The van der Waals surface area contributed by atoms with Crippen LogP contribution in [-0.2, 0) is 4.79 Å². The lowest BCUT2D eigenvalue weighted by Crippen LogP contribution is -2.32. The highest BCUT2D eigenvalue weighted by Crippen LogP contribution is 2.40. The van der Waals surface area contributed by atoms with Gasteiger partial charge >= 0.3 is 6.61 Å². The van der Waals surface area contributed by atoms with Gasteiger partial charge in [-0.25, -0.2) is 4.68 Å². The highest BCUT2D eigenvalue weighted by atomic mass is 32.2. The molecule has 172 valence electrons. The summed E-state index contributed by atoms with van der Waals surface area (Å²) in [7, 11) is 0. The molecular formula is C23H23F2N5O2S. The Morgan fingerprint density at radius 1 is 1.21 bits per heavy atom. The lowest BCUT2D eigenvalue weighted by molar-refractivity contribution is -0.113. The molecule has 0 saturated heterocycles. The van der Waals surface area contributed by atoms with E-state index in [0.717, 1.165) is 11.1 Å². The van der Waals surface area contributed by atoms with Crippen LogP contribution < -0.4 is 15.4 Å². The quantitative estimate of drug-likeness (QED) is 0.484. The zero-order chi connectivity index (χ0) is 23.7. The van der Waals surface area contributed by atoms with Crippen molar-refractivity contribution in [2.75, 3.05) is 16.9 Å². The van der Waals surface area contributed by atoms with E-state index >= 15 is 0 Å². The second kappa shape index (κ2) is 9.22. The molecule has 0 aliphatic carbocycles. The van der Waals surface area contributed by atoms with Crippen LogP contribution in [0.1, 0.15) is 29.7 Å². The van der Waals surface area contributed by atoms with Crippen molar-refractivity contribution in [2.45, 2.75) is 38.6 Å². The number of ether oxygens (including phenoxy) is 1. The number of benzene rings is 2. The van der Waals surface area contributed by atoms with Gasteiger partial charge in [-0.05, 0) is 44.7 Å². The van der Waals surface area contributed by atoms with Crippen molar-refractivity contribution < 1.29 is 18.3 Å². The number of thioether (sulfide) groups is 1.